The van der Waals surface area contributed by atoms with Crippen molar-refractivity contribution in [2.75, 3.05) is 36.1 Å². The third-order valence-corrected chi connectivity index (χ3v) is 7.14. The van der Waals surface area contributed by atoms with E-state index < -0.39 is 20.2 Å². The van der Waals surface area contributed by atoms with Crippen LogP contribution in [0.15, 0.2) is 47.6 Å². The van der Waals surface area contributed by atoms with Crippen LogP contribution in [-0.4, -0.2) is 56.2 Å². The Morgan fingerprint density at radius 1 is 1.13 bits per heavy atom. The molecule has 0 spiro atoms. The van der Waals surface area contributed by atoms with Crippen molar-refractivity contribution in [3.63, 3.8) is 0 Å². The van der Waals surface area contributed by atoms with Crippen molar-refractivity contribution in [3.8, 4) is 0 Å². The number of sulfone groups is 1. The fraction of sp³-hybridized carbons (Fsp3) is 0.476. The van der Waals surface area contributed by atoms with E-state index in [0.717, 1.165) is 30.9 Å². The van der Waals surface area contributed by atoms with Gasteiger partial charge in [-0.05, 0) is 56.7 Å². The predicted molar refractivity (Wildman–Crippen MR) is 115 cm³/mol. The van der Waals surface area contributed by atoms with E-state index in [1.54, 1.807) is 6.20 Å². The summed E-state index contributed by atoms with van der Waals surface area (Å²) in [6.07, 6.45) is 3.65. The van der Waals surface area contributed by atoms with E-state index in [1.165, 1.54) is 17.7 Å². The lowest BCUT2D eigenvalue weighted by atomic mass is 10.1. The molecule has 10 heteroatoms. The van der Waals surface area contributed by atoms with E-state index in [4.69, 9.17) is 0 Å². The Kier molecular flexibility index (Phi) is 6.80. The maximum absolute atomic E-state index is 12.8. The molecule has 1 aliphatic heterocycles. The highest BCUT2D eigenvalue weighted by atomic mass is 32.2. The highest BCUT2D eigenvalue weighted by Crippen LogP contribution is 2.32. The molecule has 0 radical (unpaired) electrons. The van der Waals surface area contributed by atoms with Crippen LogP contribution in [0.4, 0.5) is 24.5 Å². The molecule has 0 saturated carbocycles. The first-order chi connectivity index (χ1) is 14.6. The summed E-state index contributed by atoms with van der Waals surface area (Å²) in [4.78, 5) is 10.1. The highest BCUT2D eigenvalue weighted by molar-refractivity contribution is 7.92. The first-order valence-corrected chi connectivity index (χ1v) is 11.6. The molecule has 1 aliphatic rings. The summed E-state index contributed by atoms with van der Waals surface area (Å²) < 4.78 is 61.4. The molecule has 1 aromatic heterocycles. The van der Waals surface area contributed by atoms with Crippen LogP contribution in [0.2, 0.25) is 0 Å². The zero-order valence-electron chi connectivity index (χ0n) is 17.8. The first-order valence-electron chi connectivity index (χ1n) is 10.2. The van der Waals surface area contributed by atoms with Crippen LogP contribution in [0, 0.1) is 0 Å². The molecule has 1 fully saturated rings. The van der Waals surface area contributed by atoms with Crippen LogP contribution in [0.5, 0.6) is 0 Å². The number of pyridine rings is 1. The molecule has 0 amide bonds. The number of aromatic nitrogens is 1. The summed E-state index contributed by atoms with van der Waals surface area (Å²) in [6, 6.07) is 7.14. The lowest BCUT2D eigenvalue weighted by Gasteiger charge is -2.27. The number of anilines is 2. The summed E-state index contributed by atoms with van der Waals surface area (Å²) in [5.74, 6) is 0. The number of hydrogen-bond acceptors (Lipinski definition) is 6. The second-order valence-corrected chi connectivity index (χ2v) is 9.52. The Hall–Kier alpha value is -2.33. The van der Waals surface area contributed by atoms with Crippen molar-refractivity contribution < 1.29 is 21.6 Å². The molecule has 31 heavy (non-hydrogen) atoms. The molecule has 0 N–H and O–H groups in total. The Labute approximate surface area is 181 Å². The number of alkyl halides is 3. The normalized spacial score (nSPS) is 17.9. The van der Waals surface area contributed by atoms with Gasteiger partial charge in [-0.3, -0.25) is 9.88 Å². The minimum atomic E-state index is -5.34. The minimum Gasteiger partial charge on any atom is -0.371 e. The van der Waals surface area contributed by atoms with Crippen molar-refractivity contribution in [1.82, 2.24) is 9.88 Å². The van der Waals surface area contributed by atoms with Crippen LogP contribution in [0.3, 0.4) is 0 Å². The van der Waals surface area contributed by atoms with Gasteiger partial charge in [0.2, 0.25) is 0 Å². The Balaban J connectivity index is 1.75. The zero-order valence-corrected chi connectivity index (χ0v) is 18.6. The molecule has 170 valence electrons. The monoisotopic (exact) mass is 456 g/mol. The zero-order chi connectivity index (χ0) is 22.8. The van der Waals surface area contributed by atoms with Gasteiger partial charge >= 0.3 is 5.51 Å². The van der Waals surface area contributed by atoms with Gasteiger partial charge in [0.1, 0.15) is 0 Å². The second kappa shape index (κ2) is 9.04. The molecule has 1 unspecified atom stereocenters. The van der Waals surface area contributed by atoms with Crippen LogP contribution >= 0.6 is 0 Å². The number of halogens is 3. The van der Waals surface area contributed by atoms with Gasteiger partial charge in [-0.15, -0.1) is 0 Å². The number of nitrogens with zero attached hydrogens (tertiary/aromatic N) is 4. The minimum absolute atomic E-state index is 0.219. The van der Waals surface area contributed by atoms with Gasteiger partial charge in [0, 0.05) is 44.1 Å². The molecular formula is C21H27F3N4O2S. The fourth-order valence-electron chi connectivity index (χ4n) is 3.83. The molecule has 6 nitrogen and oxygen atoms in total. The van der Waals surface area contributed by atoms with Gasteiger partial charge in [0.05, 0.1) is 23.4 Å². The van der Waals surface area contributed by atoms with E-state index in [9.17, 15) is 21.6 Å². The summed E-state index contributed by atoms with van der Waals surface area (Å²) >= 11 is 0. The predicted octanol–water partition coefficient (Wildman–Crippen LogP) is 3.89. The summed E-state index contributed by atoms with van der Waals surface area (Å²) in [5.41, 5.74) is -2.35. The molecule has 3 rings (SSSR count). The van der Waals surface area contributed by atoms with Crippen LogP contribution in [-0.2, 0) is 16.4 Å². The molecule has 1 saturated heterocycles. The lowest BCUT2D eigenvalue weighted by Crippen LogP contribution is -2.30. The molecule has 2 aromatic rings. The van der Waals surface area contributed by atoms with Gasteiger partial charge in [-0.2, -0.15) is 13.2 Å². The molecule has 2 heterocycles. The van der Waals surface area contributed by atoms with Crippen LogP contribution in [0.1, 0.15) is 26.3 Å². The van der Waals surface area contributed by atoms with Crippen molar-refractivity contribution >= 4 is 21.2 Å². The SMILES string of the molecule is CCN(CC)c1cnccc1CN1CN(c2ccc(S(=O)(=O)C(F)(F)F)cc2)CC1C. The Morgan fingerprint density at radius 3 is 2.35 bits per heavy atom. The maximum Gasteiger partial charge on any atom is 0.501 e. The maximum atomic E-state index is 12.8. The average molecular weight is 457 g/mol. The van der Waals surface area contributed by atoms with Crippen LogP contribution in [0.25, 0.3) is 0 Å². The third-order valence-electron chi connectivity index (χ3n) is 5.64. The highest BCUT2D eigenvalue weighted by Gasteiger charge is 2.46. The molecule has 0 aliphatic carbocycles. The largest absolute Gasteiger partial charge is 0.501 e. The van der Waals surface area contributed by atoms with Gasteiger partial charge in [0.15, 0.2) is 0 Å². The van der Waals surface area contributed by atoms with E-state index >= 15 is 0 Å². The van der Waals surface area contributed by atoms with Gasteiger partial charge in [0.25, 0.3) is 9.84 Å². The van der Waals surface area contributed by atoms with Crippen molar-refractivity contribution in [2.24, 2.45) is 0 Å². The van der Waals surface area contributed by atoms with Gasteiger partial charge in [-0.25, -0.2) is 8.42 Å². The van der Waals surface area contributed by atoms with Crippen molar-refractivity contribution in [2.45, 2.75) is 43.8 Å². The molecule has 1 aromatic carbocycles. The van der Waals surface area contributed by atoms with Gasteiger partial charge in [-0.1, -0.05) is 0 Å². The van der Waals surface area contributed by atoms with Crippen molar-refractivity contribution in [3.05, 3.63) is 48.3 Å². The van der Waals surface area contributed by atoms with E-state index in [0.29, 0.717) is 25.4 Å². The summed E-state index contributed by atoms with van der Waals surface area (Å²) in [6.45, 7) is 10.1. The number of hydrogen-bond donors (Lipinski definition) is 0. The summed E-state index contributed by atoms with van der Waals surface area (Å²) in [5, 5.41) is 0. The van der Waals surface area contributed by atoms with E-state index in [-0.39, 0.29) is 6.04 Å². The smallest absolute Gasteiger partial charge is 0.371 e. The molecule has 1 atom stereocenters. The summed E-state index contributed by atoms with van der Waals surface area (Å²) in [7, 11) is -5.34. The Bertz CT molecular complexity index is 992. The fourth-order valence-corrected chi connectivity index (χ4v) is 4.59. The lowest BCUT2D eigenvalue weighted by molar-refractivity contribution is -0.0436. The van der Waals surface area contributed by atoms with Gasteiger partial charge < -0.3 is 9.80 Å². The number of benzene rings is 1. The first kappa shape index (κ1) is 23.3. The average Bonchev–Trinajstić information content (AvgIpc) is 3.09. The standard InChI is InChI=1S/C21H27F3N4O2S/c1-4-26(5-2)20-12-25-11-10-17(20)14-27-15-28(13-16(27)3)18-6-8-19(9-7-18)31(29,30)21(22,23)24/h6-12,16H,4-5,13-15H2,1-3H3. The molecule has 0 bridgehead atoms. The number of rotatable bonds is 7. The molecular weight excluding hydrogens is 429 g/mol. The second-order valence-electron chi connectivity index (χ2n) is 7.58. The van der Waals surface area contributed by atoms with E-state index in [2.05, 4.69) is 35.6 Å². The van der Waals surface area contributed by atoms with Crippen LogP contribution < -0.4 is 9.80 Å². The topological polar surface area (TPSA) is 56.8 Å². The van der Waals surface area contributed by atoms with E-state index in [1.807, 2.05) is 17.2 Å². The quantitative estimate of drug-likeness (QED) is 0.630. The van der Waals surface area contributed by atoms with Crippen molar-refractivity contribution in [1.29, 1.82) is 0 Å². The third kappa shape index (κ3) is 4.79. The Morgan fingerprint density at radius 2 is 1.77 bits per heavy atom.